The third kappa shape index (κ3) is 7.82. The van der Waals surface area contributed by atoms with Gasteiger partial charge in [-0.2, -0.15) is 0 Å². The van der Waals surface area contributed by atoms with E-state index in [0.29, 0.717) is 5.82 Å². The van der Waals surface area contributed by atoms with Crippen molar-refractivity contribution in [3.8, 4) is 0 Å². The first kappa shape index (κ1) is 25.2. The van der Waals surface area contributed by atoms with Crippen molar-refractivity contribution >= 4 is 65.3 Å². The number of halogens is 3. The molecule has 0 saturated carbocycles. The summed E-state index contributed by atoms with van der Waals surface area (Å²) < 4.78 is 0. The second-order valence-corrected chi connectivity index (χ2v) is 6.90. The second kappa shape index (κ2) is 13.4. The van der Waals surface area contributed by atoms with Gasteiger partial charge in [-0.3, -0.25) is 0 Å². The molecule has 3 N–H and O–H groups in total. The molecule has 7 heteroatoms. The van der Waals surface area contributed by atoms with Crippen molar-refractivity contribution in [1.82, 2.24) is 9.97 Å². The summed E-state index contributed by atoms with van der Waals surface area (Å²) in [6, 6.07) is 15.8. The molecule has 4 nitrogen and oxygen atoms in total. The minimum Gasteiger partial charge on any atom is -0.369 e. The zero-order chi connectivity index (χ0) is 18.9. The van der Waals surface area contributed by atoms with Gasteiger partial charge in [0, 0.05) is 17.0 Å². The summed E-state index contributed by atoms with van der Waals surface area (Å²) in [6.07, 6.45) is 8.48. The molecule has 0 aliphatic heterocycles. The number of hydrogen-bond acceptors (Lipinski definition) is 4. The van der Waals surface area contributed by atoms with Gasteiger partial charge in [-0.05, 0) is 55.3 Å². The van der Waals surface area contributed by atoms with Crippen molar-refractivity contribution in [2.24, 2.45) is 5.73 Å². The van der Waals surface area contributed by atoms with Gasteiger partial charge in [-0.1, -0.05) is 54.8 Å². The molecule has 0 bridgehead atoms. The van der Waals surface area contributed by atoms with Crippen LogP contribution in [0.4, 0.5) is 5.82 Å². The van der Waals surface area contributed by atoms with Gasteiger partial charge in [-0.15, -0.1) is 24.8 Å². The molecule has 1 heterocycles. The van der Waals surface area contributed by atoms with Gasteiger partial charge in [0.2, 0.25) is 0 Å². The normalized spacial score (nSPS) is 10.6. The lowest BCUT2D eigenvalue weighted by molar-refractivity contribution is 0.661. The summed E-state index contributed by atoms with van der Waals surface area (Å²) >= 11 is 5.94. The van der Waals surface area contributed by atoms with E-state index in [9.17, 15) is 0 Å². The lowest BCUT2D eigenvalue weighted by Gasteiger charge is -2.09. The molecule has 0 saturated heterocycles. The number of rotatable bonds is 9. The molecule has 2 aromatic carbocycles. The first-order valence-electron chi connectivity index (χ1n) is 9.40. The van der Waals surface area contributed by atoms with Crippen LogP contribution in [-0.2, 0) is 0 Å². The van der Waals surface area contributed by atoms with E-state index in [1.165, 1.54) is 12.8 Å². The molecular formula is C22H27Cl3N4. The fourth-order valence-electron chi connectivity index (χ4n) is 2.88. The van der Waals surface area contributed by atoms with E-state index < -0.39 is 0 Å². The summed E-state index contributed by atoms with van der Waals surface area (Å²) in [5, 5.41) is 5.25. The monoisotopic (exact) mass is 452 g/mol. The molecule has 1 aromatic heterocycles. The third-order valence-electron chi connectivity index (χ3n) is 4.34. The topological polar surface area (TPSA) is 63.8 Å². The third-order valence-corrected chi connectivity index (χ3v) is 4.59. The second-order valence-electron chi connectivity index (χ2n) is 6.46. The van der Waals surface area contributed by atoms with Gasteiger partial charge in [0.15, 0.2) is 5.82 Å². The molecule has 0 unspecified atom stereocenters. The van der Waals surface area contributed by atoms with Crippen LogP contribution in [0.2, 0.25) is 5.02 Å². The van der Waals surface area contributed by atoms with Crippen LogP contribution in [0.15, 0.2) is 48.5 Å². The van der Waals surface area contributed by atoms with Crippen LogP contribution in [-0.4, -0.2) is 23.1 Å². The van der Waals surface area contributed by atoms with Crippen LogP contribution in [0.25, 0.3) is 23.1 Å². The fourth-order valence-corrected chi connectivity index (χ4v) is 3.00. The molecule has 156 valence electrons. The zero-order valence-corrected chi connectivity index (χ0v) is 18.6. The Bertz CT molecular complexity index is 898. The zero-order valence-electron chi connectivity index (χ0n) is 16.2. The lowest BCUT2D eigenvalue weighted by atomic mass is 10.2. The standard InChI is InChI=1S/C22H25ClN4.2ClH/c23-18-12-9-17(10-13-18)11-14-21-26-20-8-4-3-7-19(20)22(27-21)25-16-6-2-1-5-15-24;;/h3-4,7-14H,1-2,5-6,15-16,24H2,(H,25,26,27);2*1H. The minimum atomic E-state index is 0. The number of para-hydroxylation sites is 1. The molecule has 0 spiro atoms. The molecule has 0 amide bonds. The number of nitrogens with two attached hydrogens (primary N) is 1. The number of nitrogens with zero attached hydrogens (tertiary/aromatic N) is 2. The first-order chi connectivity index (χ1) is 13.3. The van der Waals surface area contributed by atoms with Crippen molar-refractivity contribution in [3.05, 3.63) is 64.9 Å². The molecular weight excluding hydrogens is 427 g/mol. The van der Waals surface area contributed by atoms with Crippen molar-refractivity contribution in [2.75, 3.05) is 18.4 Å². The highest BCUT2D eigenvalue weighted by atomic mass is 35.5. The van der Waals surface area contributed by atoms with E-state index in [1.807, 2.05) is 54.6 Å². The maximum atomic E-state index is 5.94. The van der Waals surface area contributed by atoms with Crippen LogP contribution in [0.5, 0.6) is 0 Å². The Hall–Kier alpha value is -1.85. The molecule has 3 rings (SSSR count). The number of fused-ring (bicyclic) bond motifs is 1. The van der Waals surface area contributed by atoms with Gasteiger partial charge in [0.1, 0.15) is 5.82 Å². The molecule has 0 aliphatic rings. The van der Waals surface area contributed by atoms with E-state index >= 15 is 0 Å². The van der Waals surface area contributed by atoms with Crippen LogP contribution in [0.1, 0.15) is 37.1 Å². The quantitative estimate of drug-likeness (QED) is 0.377. The SMILES string of the molecule is Cl.Cl.NCCCCCCNc1nc(C=Cc2ccc(Cl)cc2)nc2ccccc12. The van der Waals surface area contributed by atoms with Gasteiger partial charge >= 0.3 is 0 Å². The van der Waals surface area contributed by atoms with Crippen molar-refractivity contribution in [2.45, 2.75) is 25.7 Å². The predicted molar refractivity (Wildman–Crippen MR) is 130 cm³/mol. The van der Waals surface area contributed by atoms with Crippen LogP contribution in [0, 0.1) is 0 Å². The van der Waals surface area contributed by atoms with E-state index in [2.05, 4.69) is 16.4 Å². The number of benzene rings is 2. The van der Waals surface area contributed by atoms with Crippen molar-refractivity contribution < 1.29 is 0 Å². The fraction of sp³-hybridized carbons (Fsp3) is 0.273. The van der Waals surface area contributed by atoms with E-state index in [0.717, 1.165) is 53.2 Å². The largest absolute Gasteiger partial charge is 0.369 e. The van der Waals surface area contributed by atoms with E-state index in [-0.39, 0.29) is 24.8 Å². The van der Waals surface area contributed by atoms with E-state index in [4.69, 9.17) is 22.3 Å². The van der Waals surface area contributed by atoms with Crippen molar-refractivity contribution in [3.63, 3.8) is 0 Å². The Morgan fingerprint density at radius 2 is 1.59 bits per heavy atom. The molecule has 0 radical (unpaired) electrons. The number of nitrogens with one attached hydrogen (secondary N) is 1. The Morgan fingerprint density at radius 3 is 2.34 bits per heavy atom. The molecule has 3 aromatic rings. The predicted octanol–water partition coefficient (Wildman–Crippen LogP) is 6.23. The highest BCUT2D eigenvalue weighted by Crippen LogP contribution is 2.21. The minimum absolute atomic E-state index is 0. The Kier molecular flexibility index (Phi) is 11.6. The average Bonchev–Trinajstić information content (AvgIpc) is 2.70. The molecule has 29 heavy (non-hydrogen) atoms. The van der Waals surface area contributed by atoms with Crippen molar-refractivity contribution in [1.29, 1.82) is 0 Å². The van der Waals surface area contributed by atoms with E-state index in [1.54, 1.807) is 0 Å². The highest BCUT2D eigenvalue weighted by Gasteiger charge is 2.05. The summed E-state index contributed by atoms with van der Waals surface area (Å²) in [5.74, 6) is 1.57. The Morgan fingerprint density at radius 1 is 0.862 bits per heavy atom. The average molecular weight is 454 g/mol. The number of aromatic nitrogens is 2. The lowest BCUT2D eigenvalue weighted by Crippen LogP contribution is -2.06. The summed E-state index contributed by atoms with van der Waals surface area (Å²) in [7, 11) is 0. The van der Waals surface area contributed by atoms with Crippen LogP contribution < -0.4 is 11.1 Å². The van der Waals surface area contributed by atoms with Gasteiger partial charge < -0.3 is 11.1 Å². The summed E-state index contributed by atoms with van der Waals surface area (Å²) in [5.41, 5.74) is 7.54. The van der Waals surface area contributed by atoms with Gasteiger partial charge in [0.25, 0.3) is 0 Å². The Labute approximate surface area is 189 Å². The van der Waals surface area contributed by atoms with Gasteiger partial charge in [0.05, 0.1) is 5.52 Å². The van der Waals surface area contributed by atoms with Crippen LogP contribution >= 0.6 is 36.4 Å². The number of anilines is 1. The molecule has 0 atom stereocenters. The smallest absolute Gasteiger partial charge is 0.154 e. The Balaban J connectivity index is 0.00000210. The number of hydrogen-bond donors (Lipinski definition) is 2. The molecule has 0 aliphatic carbocycles. The maximum Gasteiger partial charge on any atom is 0.154 e. The van der Waals surface area contributed by atoms with Gasteiger partial charge in [-0.25, -0.2) is 9.97 Å². The molecule has 0 fully saturated rings. The summed E-state index contributed by atoms with van der Waals surface area (Å²) in [4.78, 5) is 9.37. The number of unbranched alkanes of at least 4 members (excludes halogenated alkanes) is 3. The maximum absolute atomic E-state index is 5.94. The first-order valence-corrected chi connectivity index (χ1v) is 9.78. The highest BCUT2D eigenvalue weighted by molar-refractivity contribution is 6.30. The summed E-state index contributed by atoms with van der Waals surface area (Å²) in [6.45, 7) is 1.67. The van der Waals surface area contributed by atoms with Crippen LogP contribution in [0.3, 0.4) is 0 Å².